The molecule has 1 aromatic rings. The van der Waals surface area contributed by atoms with Crippen LogP contribution in [0.1, 0.15) is 24.4 Å². The molecule has 0 saturated heterocycles. The van der Waals surface area contributed by atoms with Crippen LogP contribution in [-0.2, 0) is 4.74 Å². The molecule has 1 saturated carbocycles. The summed E-state index contributed by atoms with van der Waals surface area (Å²) in [6, 6.07) is 4.05. The van der Waals surface area contributed by atoms with Crippen molar-refractivity contribution in [3.63, 3.8) is 0 Å². The molecule has 1 atom stereocenters. The van der Waals surface area contributed by atoms with Crippen molar-refractivity contribution in [3.8, 4) is 5.88 Å². The fraction of sp³-hybridized carbons (Fsp3) is 0.667. The van der Waals surface area contributed by atoms with Crippen LogP contribution in [0.2, 0.25) is 0 Å². The van der Waals surface area contributed by atoms with Crippen molar-refractivity contribution in [2.45, 2.75) is 18.9 Å². The first-order valence-corrected chi connectivity index (χ1v) is 7.22. The van der Waals surface area contributed by atoms with Crippen LogP contribution >= 0.6 is 0 Å². The molecule has 1 aliphatic rings. The predicted octanol–water partition coefficient (Wildman–Crippen LogP) is 1.45. The summed E-state index contributed by atoms with van der Waals surface area (Å²) >= 11 is 0. The van der Waals surface area contributed by atoms with E-state index in [1.54, 1.807) is 7.11 Å². The fourth-order valence-corrected chi connectivity index (χ4v) is 2.18. The maximum atomic E-state index is 5.90. The van der Waals surface area contributed by atoms with Crippen molar-refractivity contribution >= 4 is 0 Å². The summed E-state index contributed by atoms with van der Waals surface area (Å²) in [5.74, 6) is 1.44. The Balaban J connectivity index is 1.81. The monoisotopic (exact) mass is 279 g/mol. The minimum atomic E-state index is 0.165. The Morgan fingerprint density at radius 3 is 2.80 bits per heavy atom. The van der Waals surface area contributed by atoms with Gasteiger partial charge in [0.1, 0.15) is 0 Å². The topological polar surface area (TPSA) is 60.6 Å². The van der Waals surface area contributed by atoms with E-state index in [9.17, 15) is 0 Å². The maximum absolute atomic E-state index is 5.90. The van der Waals surface area contributed by atoms with Crippen molar-refractivity contribution in [1.29, 1.82) is 0 Å². The molecule has 2 N–H and O–H groups in total. The zero-order valence-corrected chi connectivity index (χ0v) is 12.4. The number of hydrogen-bond acceptors (Lipinski definition) is 5. The highest BCUT2D eigenvalue weighted by Crippen LogP contribution is 2.28. The SMILES string of the molecule is COc1ccc(C(CN)N(C)CCOCC2CC2)cn1. The van der Waals surface area contributed by atoms with Crippen LogP contribution < -0.4 is 10.5 Å². The molecule has 1 aliphatic carbocycles. The Kier molecular flexibility index (Phi) is 5.76. The van der Waals surface area contributed by atoms with Crippen LogP contribution in [0.3, 0.4) is 0 Å². The van der Waals surface area contributed by atoms with E-state index in [0.29, 0.717) is 12.4 Å². The van der Waals surface area contributed by atoms with Crippen LogP contribution in [-0.4, -0.2) is 50.3 Å². The van der Waals surface area contributed by atoms with Gasteiger partial charge in [0, 0.05) is 38.0 Å². The molecule has 1 fully saturated rings. The van der Waals surface area contributed by atoms with E-state index >= 15 is 0 Å². The van der Waals surface area contributed by atoms with Gasteiger partial charge in [-0.2, -0.15) is 0 Å². The molecular weight excluding hydrogens is 254 g/mol. The van der Waals surface area contributed by atoms with Crippen LogP contribution in [0, 0.1) is 5.92 Å². The minimum Gasteiger partial charge on any atom is -0.481 e. The number of aromatic nitrogens is 1. The Morgan fingerprint density at radius 2 is 2.25 bits per heavy atom. The normalized spacial score (nSPS) is 16.4. The van der Waals surface area contributed by atoms with Crippen LogP contribution in [0.25, 0.3) is 0 Å². The van der Waals surface area contributed by atoms with E-state index < -0.39 is 0 Å². The van der Waals surface area contributed by atoms with Crippen molar-refractivity contribution in [2.24, 2.45) is 11.7 Å². The summed E-state index contributed by atoms with van der Waals surface area (Å²) in [6.45, 7) is 3.10. The summed E-state index contributed by atoms with van der Waals surface area (Å²) < 4.78 is 10.8. The fourth-order valence-electron chi connectivity index (χ4n) is 2.18. The molecule has 1 aromatic heterocycles. The lowest BCUT2D eigenvalue weighted by Crippen LogP contribution is -2.33. The molecule has 2 rings (SSSR count). The van der Waals surface area contributed by atoms with Gasteiger partial charge in [-0.15, -0.1) is 0 Å². The molecule has 5 nitrogen and oxygen atoms in total. The number of pyridine rings is 1. The number of hydrogen-bond donors (Lipinski definition) is 1. The third-order valence-corrected chi connectivity index (χ3v) is 3.75. The van der Waals surface area contributed by atoms with Gasteiger partial charge in [0.15, 0.2) is 0 Å². The first-order chi connectivity index (χ1) is 9.74. The first kappa shape index (κ1) is 15.2. The van der Waals surface area contributed by atoms with Crippen LogP contribution in [0.4, 0.5) is 0 Å². The Labute approximate surface area is 121 Å². The van der Waals surface area contributed by atoms with Gasteiger partial charge in [-0.05, 0) is 31.4 Å². The average Bonchev–Trinajstić information content (AvgIpc) is 3.29. The van der Waals surface area contributed by atoms with E-state index in [0.717, 1.165) is 31.2 Å². The average molecular weight is 279 g/mol. The quantitative estimate of drug-likeness (QED) is 0.693. The van der Waals surface area contributed by atoms with Crippen molar-refractivity contribution in [1.82, 2.24) is 9.88 Å². The third-order valence-electron chi connectivity index (χ3n) is 3.75. The predicted molar refractivity (Wildman–Crippen MR) is 78.8 cm³/mol. The molecular formula is C15H25N3O2. The van der Waals surface area contributed by atoms with Gasteiger partial charge >= 0.3 is 0 Å². The summed E-state index contributed by atoms with van der Waals surface area (Å²) in [7, 11) is 3.69. The van der Waals surface area contributed by atoms with Crippen molar-refractivity contribution in [2.75, 3.05) is 40.5 Å². The number of methoxy groups -OCH3 is 1. The molecule has 0 radical (unpaired) electrons. The number of rotatable bonds is 9. The van der Waals surface area contributed by atoms with Gasteiger partial charge in [-0.3, -0.25) is 4.90 Å². The van der Waals surface area contributed by atoms with Gasteiger partial charge in [0.2, 0.25) is 5.88 Å². The standard InChI is InChI=1S/C15H25N3O2/c1-18(7-8-20-11-12-3-4-12)14(9-16)13-5-6-15(19-2)17-10-13/h5-6,10,12,14H,3-4,7-9,11,16H2,1-2H3. The molecule has 1 heterocycles. The summed E-state index contributed by atoms with van der Waals surface area (Å²) in [5, 5.41) is 0. The lowest BCUT2D eigenvalue weighted by Gasteiger charge is -2.27. The molecule has 1 unspecified atom stereocenters. The number of nitrogens with zero attached hydrogens (tertiary/aromatic N) is 2. The van der Waals surface area contributed by atoms with Gasteiger partial charge < -0.3 is 15.2 Å². The first-order valence-electron chi connectivity index (χ1n) is 7.22. The van der Waals surface area contributed by atoms with Crippen LogP contribution in [0.5, 0.6) is 5.88 Å². The molecule has 112 valence electrons. The van der Waals surface area contributed by atoms with Gasteiger partial charge in [0.25, 0.3) is 0 Å². The molecule has 0 amide bonds. The summed E-state index contributed by atoms with van der Waals surface area (Å²) in [5.41, 5.74) is 7.01. The third kappa shape index (κ3) is 4.44. The highest BCUT2D eigenvalue weighted by molar-refractivity contribution is 5.21. The second-order valence-corrected chi connectivity index (χ2v) is 5.38. The van der Waals surface area contributed by atoms with E-state index in [1.165, 1.54) is 12.8 Å². The van der Waals surface area contributed by atoms with Gasteiger partial charge in [-0.25, -0.2) is 4.98 Å². The second kappa shape index (κ2) is 7.57. The summed E-state index contributed by atoms with van der Waals surface area (Å²) in [4.78, 5) is 6.46. The Bertz CT molecular complexity index is 393. The molecule has 0 aliphatic heterocycles. The molecule has 0 spiro atoms. The zero-order valence-electron chi connectivity index (χ0n) is 12.4. The Hall–Kier alpha value is -1.17. The second-order valence-electron chi connectivity index (χ2n) is 5.38. The number of likely N-dealkylation sites (N-methyl/N-ethyl adjacent to an activating group) is 1. The number of ether oxygens (including phenoxy) is 2. The number of nitrogens with two attached hydrogens (primary N) is 1. The largest absolute Gasteiger partial charge is 0.481 e. The zero-order chi connectivity index (χ0) is 14.4. The molecule has 0 bridgehead atoms. The Morgan fingerprint density at radius 1 is 1.45 bits per heavy atom. The van der Waals surface area contributed by atoms with Gasteiger partial charge in [-0.1, -0.05) is 6.07 Å². The molecule has 5 heteroatoms. The van der Waals surface area contributed by atoms with Crippen molar-refractivity contribution < 1.29 is 9.47 Å². The van der Waals surface area contributed by atoms with Gasteiger partial charge in [0.05, 0.1) is 13.7 Å². The maximum Gasteiger partial charge on any atom is 0.212 e. The molecule has 0 aromatic carbocycles. The smallest absolute Gasteiger partial charge is 0.212 e. The minimum absolute atomic E-state index is 0.165. The van der Waals surface area contributed by atoms with Crippen LogP contribution in [0.15, 0.2) is 18.3 Å². The van der Waals surface area contributed by atoms with E-state index in [1.807, 2.05) is 18.3 Å². The highest BCUT2D eigenvalue weighted by Gasteiger charge is 2.21. The lowest BCUT2D eigenvalue weighted by molar-refractivity contribution is 0.0922. The van der Waals surface area contributed by atoms with E-state index in [2.05, 4.69) is 16.9 Å². The van der Waals surface area contributed by atoms with Crippen molar-refractivity contribution in [3.05, 3.63) is 23.9 Å². The highest BCUT2D eigenvalue weighted by atomic mass is 16.5. The van der Waals surface area contributed by atoms with E-state index in [4.69, 9.17) is 15.2 Å². The lowest BCUT2D eigenvalue weighted by atomic mass is 10.1. The van der Waals surface area contributed by atoms with E-state index in [-0.39, 0.29) is 6.04 Å². The molecule has 20 heavy (non-hydrogen) atoms. The summed E-state index contributed by atoms with van der Waals surface area (Å²) in [6.07, 6.45) is 4.50.